The normalized spacial score (nSPS) is 15.1. The van der Waals surface area contributed by atoms with E-state index in [2.05, 4.69) is 5.32 Å². The molecule has 2 N–H and O–H groups in total. The van der Waals surface area contributed by atoms with Crippen molar-refractivity contribution in [3.8, 4) is 11.5 Å². The zero-order valence-corrected chi connectivity index (χ0v) is 22.8. The Labute approximate surface area is 234 Å². The number of carboxylic acid groups (broad SMARTS) is 2. The average Bonchev–Trinajstić information content (AvgIpc) is 3.11. The maximum Gasteiger partial charge on any atom is 1.00 e. The van der Waals surface area contributed by atoms with E-state index in [0.717, 1.165) is 11.1 Å². The van der Waals surface area contributed by atoms with Gasteiger partial charge in [0, 0.05) is 17.6 Å². The molecule has 160 valence electrons. The third kappa shape index (κ3) is 6.85. The van der Waals surface area contributed by atoms with E-state index in [-0.39, 0.29) is 76.7 Å². The van der Waals surface area contributed by atoms with Gasteiger partial charge in [-0.1, -0.05) is 29.8 Å². The van der Waals surface area contributed by atoms with Gasteiger partial charge >= 0.3 is 64.9 Å². The summed E-state index contributed by atoms with van der Waals surface area (Å²) in [6.07, 6.45) is 0.606. The first-order chi connectivity index (χ1) is 14.2. The maximum atomic E-state index is 11.2. The first-order valence-electron chi connectivity index (χ1n) is 9.32. The van der Waals surface area contributed by atoms with Gasteiger partial charge in [0.05, 0.1) is 6.10 Å². The summed E-state index contributed by atoms with van der Waals surface area (Å²) in [4.78, 5) is 22.3. The summed E-state index contributed by atoms with van der Waals surface area (Å²) >= 11 is 5.94. The Kier molecular flexibility index (Phi) is 11.5. The van der Waals surface area contributed by atoms with E-state index in [1.807, 2.05) is 6.92 Å². The average molecular weight is 480 g/mol. The standard InChI is InChI=1S/C21H22ClNO7.2Na/c1-12(23-11-16(24)14-3-2-4-15(22)10-14)5-6-13-7-8-17-18(9-13)30-21(29-17,19(25)26)20(27)28;;/h2-4,7-10,12,16,23-24H,5-6,11H2,1H3,(H,25,26)(H,27,28);;/q;2*+1/p-2/t12-,16+;;/m1../s1. The van der Waals surface area contributed by atoms with E-state index in [1.165, 1.54) is 12.1 Å². The van der Waals surface area contributed by atoms with Crippen LogP contribution in [-0.2, 0) is 16.0 Å². The molecule has 0 saturated heterocycles. The number of halogens is 1. The maximum absolute atomic E-state index is 11.2. The number of rotatable bonds is 9. The van der Waals surface area contributed by atoms with E-state index in [4.69, 9.17) is 21.1 Å². The summed E-state index contributed by atoms with van der Waals surface area (Å²) < 4.78 is 9.91. The summed E-state index contributed by atoms with van der Waals surface area (Å²) in [6.45, 7) is 2.32. The molecule has 1 aliphatic heterocycles. The van der Waals surface area contributed by atoms with Gasteiger partial charge in [-0.2, -0.15) is 0 Å². The fraction of sp³-hybridized carbons (Fsp3) is 0.333. The van der Waals surface area contributed by atoms with Gasteiger partial charge in [0.2, 0.25) is 0 Å². The summed E-state index contributed by atoms with van der Waals surface area (Å²) in [7, 11) is 0. The number of carboxylic acids is 2. The van der Waals surface area contributed by atoms with Gasteiger partial charge in [-0.05, 0) is 55.2 Å². The van der Waals surface area contributed by atoms with Gasteiger partial charge in [0.25, 0.3) is 0 Å². The van der Waals surface area contributed by atoms with E-state index in [1.54, 1.807) is 30.3 Å². The van der Waals surface area contributed by atoms with Crippen LogP contribution in [0.1, 0.15) is 30.6 Å². The van der Waals surface area contributed by atoms with Crippen molar-refractivity contribution < 1.29 is 93.5 Å². The molecule has 3 rings (SSSR count). The summed E-state index contributed by atoms with van der Waals surface area (Å²) in [5.41, 5.74) is 1.52. The van der Waals surface area contributed by atoms with Crippen molar-refractivity contribution >= 4 is 23.5 Å². The number of benzene rings is 2. The molecule has 0 aromatic heterocycles. The van der Waals surface area contributed by atoms with Gasteiger partial charge in [-0.15, -0.1) is 0 Å². The zero-order chi connectivity index (χ0) is 21.9. The number of fused-ring (bicyclic) bond motifs is 1. The SMILES string of the molecule is C[C@H](CCc1ccc2c(c1)OC(C(=O)[O-])(C(=O)[O-])O2)NC[C@H](O)c1cccc(Cl)c1.[Na+].[Na+]. The Bertz CT molecular complexity index is 945. The minimum Gasteiger partial charge on any atom is -0.542 e. The molecule has 0 spiro atoms. The van der Waals surface area contributed by atoms with Crippen molar-refractivity contribution in [1.82, 2.24) is 5.32 Å². The number of carbonyl (C=O) groups excluding carboxylic acids is 2. The van der Waals surface area contributed by atoms with E-state index in [0.29, 0.717) is 24.4 Å². The molecular weight excluding hydrogens is 460 g/mol. The predicted octanol–water partition coefficient (Wildman–Crippen LogP) is -6.04. The van der Waals surface area contributed by atoms with Gasteiger partial charge < -0.3 is 39.7 Å². The first kappa shape index (κ1) is 29.2. The van der Waals surface area contributed by atoms with Crippen molar-refractivity contribution in [2.75, 3.05) is 6.54 Å². The molecule has 0 fully saturated rings. The van der Waals surface area contributed by atoms with Crippen LogP contribution in [0.5, 0.6) is 11.5 Å². The third-order valence-corrected chi connectivity index (χ3v) is 5.05. The van der Waals surface area contributed by atoms with Crippen LogP contribution in [0.4, 0.5) is 0 Å². The van der Waals surface area contributed by atoms with Crippen LogP contribution >= 0.6 is 11.6 Å². The number of hydrogen-bond acceptors (Lipinski definition) is 8. The molecule has 0 saturated carbocycles. The molecule has 2 aromatic carbocycles. The Morgan fingerprint density at radius 3 is 2.38 bits per heavy atom. The molecule has 0 amide bonds. The van der Waals surface area contributed by atoms with Crippen LogP contribution in [0, 0.1) is 0 Å². The van der Waals surface area contributed by atoms with Gasteiger partial charge in [0.15, 0.2) is 11.5 Å². The summed E-state index contributed by atoms with van der Waals surface area (Å²) in [5, 5.41) is 36.4. The van der Waals surface area contributed by atoms with Crippen molar-refractivity contribution in [1.29, 1.82) is 0 Å². The molecule has 1 heterocycles. The van der Waals surface area contributed by atoms with E-state index >= 15 is 0 Å². The molecular formula is C21H20ClNNa2O7. The second-order valence-corrected chi connectivity index (χ2v) is 7.53. The predicted molar refractivity (Wildman–Crippen MR) is 103 cm³/mol. The molecule has 0 bridgehead atoms. The second kappa shape index (κ2) is 12.6. The first-order valence-corrected chi connectivity index (χ1v) is 9.70. The third-order valence-electron chi connectivity index (χ3n) is 4.81. The van der Waals surface area contributed by atoms with Crippen LogP contribution in [0.3, 0.4) is 0 Å². The summed E-state index contributed by atoms with van der Waals surface area (Å²) in [5.74, 6) is -7.08. The van der Waals surface area contributed by atoms with Gasteiger partial charge in [-0.3, -0.25) is 0 Å². The van der Waals surface area contributed by atoms with E-state index < -0.39 is 23.8 Å². The molecule has 11 heteroatoms. The minimum atomic E-state index is -2.98. The number of nitrogens with one attached hydrogen (secondary N) is 1. The Hall–Kier alpha value is -0.810. The van der Waals surface area contributed by atoms with Crippen molar-refractivity contribution in [2.24, 2.45) is 0 Å². The fourth-order valence-electron chi connectivity index (χ4n) is 3.08. The van der Waals surface area contributed by atoms with Crippen LogP contribution in [-0.4, -0.2) is 35.4 Å². The smallest absolute Gasteiger partial charge is 0.542 e. The van der Waals surface area contributed by atoms with Crippen molar-refractivity contribution in [3.63, 3.8) is 0 Å². The Morgan fingerprint density at radius 1 is 1.09 bits per heavy atom. The van der Waals surface area contributed by atoms with Crippen molar-refractivity contribution in [2.45, 2.75) is 37.7 Å². The van der Waals surface area contributed by atoms with Gasteiger partial charge in [-0.25, -0.2) is 0 Å². The minimum absolute atomic E-state index is 0. The van der Waals surface area contributed by atoms with Crippen LogP contribution in [0.15, 0.2) is 42.5 Å². The van der Waals surface area contributed by atoms with Gasteiger partial charge in [0.1, 0.15) is 11.9 Å². The number of aliphatic hydroxyl groups is 1. The molecule has 0 radical (unpaired) electrons. The van der Waals surface area contributed by atoms with Crippen molar-refractivity contribution in [3.05, 3.63) is 58.6 Å². The quantitative estimate of drug-likeness (QED) is 0.268. The molecule has 32 heavy (non-hydrogen) atoms. The fourth-order valence-corrected chi connectivity index (χ4v) is 3.28. The van der Waals surface area contributed by atoms with Crippen LogP contribution in [0.25, 0.3) is 0 Å². The van der Waals surface area contributed by atoms with Crippen LogP contribution in [0.2, 0.25) is 5.02 Å². The Morgan fingerprint density at radius 2 is 1.75 bits per heavy atom. The number of hydrogen-bond donors (Lipinski definition) is 2. The second-order valence-electron chi connectivity index (χ2n) is 7.10. The summed E-state index contributed by atoms with van der Waals surface area (Å²) in [6, 6.07) is 11.8. The number of ether oxygens (including phenoxy) is 2. The largest absolute Gasteiger partial charge is 1.00 e. The topological polar surface area (TPSA) is 131 Å². The molecule has 0 unspecified atom stereocenters. The molecule has 1 aliphatic rings. The molecule has 0 aliphatic carbocycles. The monoisotopic (exact) mass is 479 g/mol. The van der Waals surface area contributed by atoms with E-state index in [9.17, 15) is 24.9 Å². The molecule has 8 nitrogen and oxygen atoms in total. The molecule has 2 atom stereocenters. The molecule has 2 aromatic rings. The zero-order valence-electron chi connectivity index (χ0n) is 18.1. The Balaban J connectivity index is 0.00000256. The number of aliphatic carboxylic acids is 2. The number of aryl methyl sites for hydroxylation is 1. The van der Waals surface area contributed by atoms with Crippen LogP contribution < -0.4 is 84.1 Å². The number of aliphatic hydroxyl groups excluding tert-OH is 1. The number of carbonyl (C=O) groups is 2.